The number of nitrogens with zero attached hydrogens (tertiary/aromatic N) is 1. The van der Waals surface area contributed by atoms with Crippen LogP contribution in [0.2, 0.25) is 5.02 Å². The summed E-state index contributed by atoms with van der Waals surface area (Å²) >= 11 is 6.00. The van der Waals surface area contributed by atoms with Crippen LogP contribution in [0, 0.1) is 0 Å². The topological polar surface area (TPSA) is 32.7 Å². The lowest BCUT2D eigenvalue weighted by Crippen LogP contribution is -2.48. The Morgan fingerprint density at radius 2 is 1.83 bits per heavy atom. The highest BCUT2D eigenvalue weighted by Crippen LogP contribution is 2.44. The Bertz CT molecular complexity index is 686. The van der Waals surface area contributed by atoms with Crippen molar-refractivity contribution in [2.45, 2.75) is 31.1 Å². The van der Waals surface area contributed by atoms with Gasteiger partial charge in [0.15, 0.2) is 0 Å². The highest BCUT2D eigenvalue weighted by atomic mass is 35.5. The molecular formula is C19H22ClNO2. The van der Waals surface area contributed by atoms with Crippen molar-refractivity contribution in [1.29, 1.82) is 0 Å². The van der Waals surface area contributed by atoms with Crippen molar-refractivity contribution in [3.63, 3.8) is 0 Å². The Hall–Kier alpha value is -1.55. The number of fused-ring (bicyclic) bond motifs is 1. The summed E-state index contributed by atoms with van der Waals surface area (Å²) < 4.78 is 6.17. The largest absolute Gasteiger partial charge is 0.488 e. The number of aliphatic hydroxyl groups is 1. The highest BCUT2D eigenvalue weighted by molar-refractivity contribution is 6.30. The van der Waals surface area contributed by atoms with Gasteiger partial charge in [0.1, 0.15) is 17.5 Å². The van der Waals surface area contributed by atoms with Gasteiger partial charge >= 0.3 is 0 Å². The van der Waals surface area contributed by atoms with E-state index in [1.807, 2.05) is 62.6 Å². The molecule has 1 aliphatic heterocycles. The van der Waals surface area contributed by atoms with Gasteiger partial charge in [-0.15, -0.1) is 0 Å². The molecule has 23 heavy (non-hydrogen) atoms. The second kappa shape index (κ2) is 6.16. The summed E-state index contributed by atoms with van der Waals surface area (Å²) in [4.78, 5) is 2.11. The van der Waals surface area contributed by atoms with Crippen LogP contribution in [0.3, 0.4) is 0 Å². The number of likely N-dealkylation sites (N-methyl/N-ethyl adjacent to an activating group) is 1. The fourth-order valence-corrected chi connectivity index (χ4v) is 3.24. The number of ether oxygens (including phenoxy) is 1. The van der Waals surface area contributed by atoms with E-state index in [4.69, 9.17) is 16.3 Å². The Kier molecular flexibility index (Phi) is 4.37. The van der Waals surface area contributed by atoms with Gasteiger partial charge in [-0.05, 0) is 44.8 Å². The van der Waals surface area contributed by atoms with E-state index in [9.17, 15) is 5.11 Å². The molecule has 1 N–H and O–H groups in total. The third kappa shape index (κ3) is 2.97. The van der Waals surface area contributed by atoms with Crippen molar-refractivity contribution < 1.29 is 9.84 Å². The van der Waals surface area contributed by atoms with Crippen molar-refractivity contribution in [2.24, 2.45) is 0 Å². The van der Waals surface area contributed by atoms with Gasteiger partial charge < -0.3 is 14.7 Å². The standard InChI is InChI=1S/C19H22ClNO2/c1-13(21(2)3)18-12-19(22,14-8-10-15(20)11-9-14)16-6-4-5-7-17(16)23-18/h4-11,13,18,22H,12H2,1-3H3. The Balaban J connectivity index is 2.08. The second-order valence-corrected chi connectivity index (χ2v) is 6.86. The first-order chi connectivity index (χ1) is 10.9. The fraction of sp³-hybridized carbons (Fsp3) is 0.368. The summed E-state index contributed by atoms with van der Waals surface area (Å²) in [6.07, 6.45) is 0.408. The first-order valence-electron chi connectivity index (χ1n) is 7.83. The number of rotatable bonds is 3. The van der Waals surface area contributed by atoms with Crippen LogP contribution in [0.1, 0.15) is 24.5 Å². The molecule has 0 fully saturated rings. The lowest BCUT2D eigenvalue weighted by Gasteiger charge is -2.42. The van der Waals surface area contributed by atoms with Crippen LogP contribution >= 0.6 is 11.6 Å². The van der Waals surface area contributed by atoms with Gasteiger partial charge in [-0.2, -0.15) is 0 Å². The quantitative estimate of drug-likeness (QED) is 0.931. The highest BCUT2D eigenvalue weighted by Gasteiger charge is 2.43. The van der Waals surface area contributed by atoms with Crippen LogP contribution in [-0.4, -0.2) is 36.2 Å². The van der Waals surface area contributed by atoms with Crippen LogP contribution in [0.5, 0.6) is 5.75 Å². The second-order valence-electron chi connectivity index (χ2n) is 6.43. The molecule has 3 rings (SSSR count). The number of hydrogen-bond acceptors (Lipinski definition) is 3. The maximum absolute atomic E-state index is 11.5. The molecule has 1 aliphatic rings. The first-order valence-corrected chi connectivity index (χ1v) is 8.20. The van der Waals surface area contributed by atoms with E-state index < -0.39 is 5.60 Å². The van der Waals surface area contributed by atoms with Crippen molar-refractivity contribution in [2.75, 3.05) is 14.1 Å². The van der Waals surface area contributed by atoms with Crippen LogP contribution in [0.4, 0.5) is 0 Å². The van der Waals surface area contributed by atoms with Crippen molar-refractivity contribution >= 4 is 11.6 Å². The summed E-state index contributed by atoms with van der Waals surface area (Å²) in [5, 5.41) is 12.2. The van der Waals surface area contributed by atoms with Gasteiger partial charge in [-0.3, -0.25) is 0 Å². The normalized spacial score (nSPS) is 24.9. The molecule has 0 aromatic heterocycles. The third-order valence-corrected chi connectivity index (χ3v) is 5.03. The zero-order valence-electron chi connectivity index (χ0n) is 13.7. The number of benzene rings is 2. The molecule has 0 saturated heterocycles. The molecule has 1 heterocycles. The zero-order chi connectivity index (χ0) is 16.6. The van der Waals surface area contributed by atoms with Gasteiger partial charge in [0.25, 0.3) is 0 Å². The summed E-state index contributed by atoms with van der Waals surface area (Å²) in [6, 6.07) is 15.3. The summed E-state index contributed by atoms with van der Waals surface area (Å²) in [5.74, 6) is 0.745. The number of para-hydroxylation sites is 1. The molecule has 3 nitrogen and oxygen atoms in total. The molecule has 2 aromatic carbocycles. The molecule has 0 aliphatic carbocycles. The molecule has 4 heteroatoms. The van der Waals surface area contributed by atoms with Gasteiger partial charge in [0.2, 0.25) is 0 Å². The molecule has 3 unspecified atom stereocenters. The van der Waals surface area contributed by atoms with Crippen LogP contribution in [0.25, 0.3) is 0 Å². The molecule has 0 amide bonds. The van der Waals surface area contributed by atoms with Crippen LogP contribution < -0.4 is 4.74 Å². The molecular weight excluding hydrogens is 310 g/mol. The van der Waals surface area contributed by atoms with E-state index in [0.29, 0.717) is 11.4 Å². The van der Waals surface area contributed by atoms with E-state index in [-0.39, 0.29) is 12.1 Å². The Morgan fingerprint density at radius 3 is 2.48 bits per heavy atom. The lowest BCUT2D eigenvalue weighted by molar-refractivity contribution is -0.0221. The Labute approximate surface area is 142 Å². The van der Waals surface area contributed by atoms with E-state index in [2.05, 4.69) is 11.8 Å². The van der Waals surface area contributed by atoms with E-state index in [1.165, 1.54) is 0 Å². The van der Waals surface area contributed by atoms with E-state index in [0.717, 1.165) is 16.9 Å². The monoisotopic (exact) mass is 331 g/mol. The summed E-state index contributed by atoms with van der Waals surface area (Å²) in [5.41, 5.74) is 0.576. The van der Waals surface area contributed by atoms with Crippen LogP contribution in [0.15, 0.2) is 48.5 Å². The van der Waals surface area contributed by atoms with Gasteiger partial charge in [0, 0.05) is 23.0 Å². The maximum atomic E-state index is 11.5. The molecule has 0 radical (unpaired) electrons. The molecule has 0 saturated carbocycles. The number of hydrogen-bond donors (Lipinski definition) is 1. The molecule has 3 atom stereocenters. The Morgan fingerprint density at radius 1 is 1.17 bits per heavy atom. The van der Waals surface area contributed by atoms with Crippen molar-refractivity contribution in [1.82, 2.24) is 4.90 Å². The SMILES string of the molecule is CC(C1CC(O)(c2ccc(Cl)cc2)c2ccccc2O1)N(C)C. The van der Waals surface area contributed by atoms with Gasteiger partial charge in [-0.1, -0.05) is 41.9 Å². The molecule has 2 aromatic rings. The predicted molar refractivity (Wildman–Crippen MR) is 93.1 cm³/mol. The maximum Gasteiger partial charge on any atom is 0.126 e. The first kappa shape index (κ1) is 16.3. The smallest absolute Gasteiger partial charge is 0.126 e. The minimum absolute atomic E-state index is 0.0967. The van der Waals surface area contributed by atoms with Crippen molar-refractivity contribution in [3.8, 4) is 5.75 Å². The van der Waals surface area contributed by atoms with E-state index >= 15 is 0 Å². The zero-order valence-corrected chi connectivity index (χ0v) is 14.4. The molecule has 122 valence electrons. The average molecular weight is 332 g/mol. The van der Waals surface area contributed by atoms with Crippen molar-refractivity contribution in [3.05, 3.63) is 64.7 Å². The number of halogens is 1. The summed E-state index contributed by atoms with van der Waals surface area (Å²) in [6.45, 7) is 2.11. The molecule has 0 bridgehead atoms. The van der Waals surface area contributed by atoms with Crippen LogP contribution in [-0.2, 0) is 5.60 Å². The lowest BCUT2D eigenvalue weighted by atomic mass is 9.78. The van der Waals surface area contributed by atoms with E-state index in [1.54, 1.807) is 0 Å². The average Bonchev–Trinajstić information content (AvgIpc) is 2.54. The summed E-state index contributed by atoms with van der Waals surface area (Å²) in [7, 11) is 4.05. The fourth-order valence-electron chi connectivity index (χ4n) is 3.12. The minimum atomic E-state index is -1.08. The van der Waals surface area contributed by atoms with Gasteiger partial charge in [-0.25, -0.2) is 0 Å². The minimum Gasteiger partial charge on any atom is -0.488 e. The van der Waals surface area contributed by atoms with Gasteiger partial charge in [0.05, 0.1) is 0 Å². The third-order valence-electron chi connectivity index (χ3n) is 4.78. The predicted octanol–water partition coefficient (Wildman–Crippen LogP) is 3.68. The molecule has 0 spiro atoms.